The van der Waals surface area contributed by atoms with Crippen LogP contribution in [0.3, 0.4) is 0 Å². The highest BCUT2D eigenvalue weighted by Crippen LogP contribution is 2.21. The van der Waals surface area contributed by atoms with Gasteiger partial charge in [0.2, 0.25) is 0 Å². The molecule has 120 valence electrons. The normalized spacial score (nSPS) is 11.2. The molecule has 0 aliphatic rings. The van der Waals surface area contributed by atoms with Crippen LogP contribution in [-0.2, 0) is 4.79 Å². The summed E-state index contributed by atoms with van der Waals surface area (Å²) in [6, 6.07) is 11.0. The summed E-state index contributed by atoms with van der Waals surface area (Å²) < 4.78 is 18.3. The van der Waals surface area contributed by atoms with Gasteiger partial charge in [0, 0.05) is 5.02 Å². The molecule has 0 saturated heterocycles. The van der Waals surface area contributed by atoms with E-state index in [0.717, 1.165) is 11.1 Å². The molecule has 4 nitrogen and oxygen atoms in total. The molecule has 23 heavy (non-hydrogen) atoms. The van der Waals surface area contributed by atoms with E-state index in [-0.39, 0.29) is 18.3 Å². The number of hydrogen-bond donors (Lipinski definition) is 1. The monoisotopic (exact) mass is 334 g/mol. The molecule has 0 bridgehead atoms. The second-order valence-corrected chi connectivity index (χ2v) is 5.37. The van der Waals surface area contributed by atoms with Crippen molar-refractivity contribution < 1.29 is 13.9 Å². The van der Waals surface area contributed by atoms with E-state index in [1.807, 2.05) is 6.92 Å². The zero-order valence-corrected chi connectivity index (χ0v) is 13.5. The van der Waals surface area contributed by atoms with Crippen LogP contribution in [0.5, 0.6) is 5.75 Å². The summed E-state index contributed by atoms with van der Waals surface area (Å²) in [5.74, 6) is -0.123. The van der Waals surface area contributed by atoms with Gasteiger partial charge < -0.3 is 4.74 Å². The van der Waals surface area contributed by atoms with E-state index in [2.05, 4.69) is 10.5 Å². The van der Waals surface area contributed by atoms with Crippen LogP contribution >= 0.6 is 11.6 Å². The largest absolute Gasteiger partial charge is 0.483 e. The Kier molecular flexibility index (Phi) is 5.71. The minimum atomic E-state index is -0.388. The Labute approximate surface area is 138 Å². The van der Waals surface area contributed by atoms with Crippen molar-refractivity contribution in [2.24, 2.45) is 5.10 Å². The number of benzene rings is 2. The van der Waals surface area contributed by atoms with Crippen LogP contribution in [0.25, 0.3) is 0 Å². The summed E-state index contributed by atoms with van der Waals surface area (Å²) >= 11 is 5.86. The smallest absolute Gasteiger partial charge is 0.277 e. The van der Waals surface area contributed by atoms with Crippen molar-refractivity contribution in [3.05, 3.63) is 64.4 Å². The Morgan fingerprint density at radius 2 is 1.96 bits per heavy atom. The number of nitrogens with one attached hydrogen (secondary N) is 1. The molecule has 2 rings (SSSR count). The summed E-state index contributed by atoms with van der Waals surface area (Å²) in [4.78, 5) is 11.8. The van der Waals surface area contributed by atoms with Gasteiger partial charge in [0.15, 0.2) is 6.61 Å². The lowest BCUT2D eigenvalue weighted by atomic mass is 10.1. The van der Waals surface area contributed by atoms with Crippen LogP contribution < -0.4 is 10.2 Å². The molecule has 1 amide bonds. The van der Waals surface area contributed by atoms with Crippen LogP contribution in [0.2, 0.25) is 5.02 Å². The third-order valence-electron chi connectivity index (χ3n) is 3.11. The average molecular weight is 335 g/mol. The highest BCUT2D eigenvalue weighted by molar-refractivity contribution is 6.30. The summed E-state index contributed by atoms with van der Waals surface area (Å²) in [6.07, 6.45) is 0. The molecule has 6 heteroatoms. The molecule has 0 spiro atoms. The molecule has 0 radical (unpaired) electrons. The van der Waals surface area contributed by atoms with E-state index in [1.54, 1.807) is 37.3 Å². The summed E-state index contributed by atoms with van der Waals surface area (Å²) in [5.41, 5.74) is 4.54. The molecule has 0 heterocycles. The van der Waals surface area contributed by atoms with E-state index in [1.165, 1.54) is 12.1 Å². The van der Waals surface area contributed by atoms with Gasteiger partial charge in [-0.05, 0) is 55.3 Å². The van der Waals surface area contributed by atoms with E-state index in [4.69, 9.17) is 16.3 Å². The lowest BCUT2D eigenvalue weighted by Crippen LogP contribution is -2.25. The minimum Gasteiger partial charge on any atom is -0.483 e. The van der Waals surface area contributed by atoms with Crippen molar-refractivity contribution in [3.63, 3.8) is 0 Å². The standard InChI is InChI=1S/C17H16ClFN2O2/c1-11-9-14(18)5-8-16(11)23-10-17(22)21-20-12(2)13-3-6-15(19)7-4-13/h3-9H,10H2,1-2H3,(H,21,22)/b20-12-. The maximum Gasteiger partial charge on any atom is 0.277 e. The highest BCUT2D eigenvalue weighted by Gasteiger charge is 2.05. The molecule has 0 saturated carbocycles. The van der Waals surface area contributed by atoms with Gasteiger partial charge in [-0.15, -0.1) is 0 Å². The minimum absolute atomic E-state index is 0.164. The first kappa shape index (κ1) is 17.0. The van der Waals surface area contributed by atoms with Crippen molar-refractivity contribution in [3.8, 4) is 5.75 Å². The Morgan fingerprint density at radius 1 is 1.26 bits per heavy atom. The molecular formula is C17H16ClFN2O2. The maximum absolute atomic E-state index is 12.8. The molecule has 0 aromatic heterocycles. The van der Waals surface area contributed by atoms with E-state index in [0.29, 0.717) is 16.5 Å². The van der Waals surface area contributed by atoms with Gasteiger partial charge in [-0.1, -0.05) is 23.7 Å². The Bertz CT molecular complexity index is 730. The van der Waals surface area contributed by atoms with Crippen molar-refractivity contribution in [1.29, 1.82) is 0 Å². The van der Waals surface area contributed by atoms with Crippen molar-refractivity contribution in [1.82, 2.24) is 5.43 Å². The molecule has 0 unspecified atom stereocenters. The maximum atomic E-state index is 12.8. The van der Waals surface area contributed by atoms with E-state index >= 15 is 0 Å². The molecular weight excluding hydrogens is 319 g/mol. The zero-order valence-electron chi connectivity index (χ0n) is 12.8. The number of ether oxygens (including phenoxy) is 1. The van der Waals surface area contributed by atoms with Crippen molar-refractivity contribution in [2.75, 3.05) is 6.61 Å². The molecule has 2 aromatic carbocycles. The quantitative estimate of drug-likeness (QED) is 0.669. The second-order valence-electron chi connectivity index (χ2n) is 4.94. The van der Waals surface area contributed by atoms with Gasteiger partial charge in [-0.3, -0.25) is 4.79 Å². The number of halogens is 2. The topological polar surface area (TPSA) is 50.7 Å². The summed E-state index contributed by atoms with van der Waals surface area (Å²) in [6.45, 7) is 3.40. The predicted octanol–water partition coefficient (Wildman–Crippen LogP) is 3.71. The lowest BCUT2D eigenvalue weighted by Gasteiger charge is -2.08. The fourth-order valence-electron chi connectivity index (χ4n) is 1.85. The van der Waals surface area contributed by atoms with Crippen molar-refractivity contribution >= 4 is 23.2 Å². The molecule has 0 aliphatic heterocycles. The van der Waals surface area contributed by atoms with E-state index < -0.39 is 0 Å². The van der Waals surface area contributed by atoms with Crippen LogP contribution in [0.15, 0.2) is 47.6 Å². The number of hydrazone groups is 1. The SMILES string of the molecule is C/C(=N/NC(=O)COc1ccc(Cl)cc1C)c1ccc(F)cc1. The molecule has 2 aromatic rings. The number of nitrogens with zero attached hydrogens (tertiary/aromatic N) is 1. The molecule has 0 atom stereocenters. The predicted molar refractivity (Wildman–Crippen MR) is 88.4 cm³/mol. The van der Waals surface area contributed by atoms with Gasteiger partial charge >= 0.3 is 0 Å². The summed E-state index contributed by atoms with van der Waals surface area (Å²) in [7, 11) is 0. The molecule has 0 fully saturated rings. The van der Waals surface area contributed by atoms with Crippen LogP contribution in [0, 0.1) is 12.7 Å². The number of hydrogen-bond acceptors (Lipinski definition) is 3. The summed E-state index contributed by atoms with van der Waals surface area (Å²) in [5, 5.41) is 4.58. The van der Waals surface area contributed by atoms with Gasteiger partial charge in [0.05, 0.1) is 5.71 Å². The average Bonchev–Trinajstić information content (AvgIpc) is 2.52. The third kappa shape index (κ3) is 5.07. The van der Waals surface area contributed by atoms with E-state index in [9.17, 15) is 9.18 Å². The zero-order chi connectivity index (χ0) is 16.8. The number of aryl methyl sites for hydroxylation is 1. The lowest BCUT2D eigenvalue weighted by molar-refractivity contribution is -0.123. The first-order valence-corrected chi connectivity index (χ1v) is 7.31. The first-order chi connectivity index (χ1) is 11.0. The van der Waals surface area contributed by atoms with Gasteiger partial charge in [0.25, 0.3) is 5.91 Å². The second kappa shape index (κ2) is 7.74. The Morgan fingerprint density at radius 3 is 2.61 bits per heavy atom. The Hall–Kier alpha value is -2.40. The van der Waals surface area contributed by atoms with Crippen LogP contribution in [0.1, 0.15) is 18.1 Å². The molecule has 1 N–H and O–H groups in total. The highest BCUT2D eigenvalue weighted by atomic mass is 35.5. The number of rotatable bonds is 5. The van der Waals surface area contributed by atoms with Gasteiger partial charge in [-0.25, -0.2) is 9.82 Å². The number of amides is 1. The first-order valence-electron chi connectivity index (χ1n) is 6.94. The third-order valence-corrected chi connectivity index (χ3v) is 3.34. The number of carbonyl (C=O) groups is 1. The molecule has 0 aliphatic carbocycles. The van der Waals surface area contributed by atoms with Crippen molar-refractivity contribution in [2.45, 2.75) is 13.8 Å². The number of carbonyl (C=O) groups excluding carboxylic acids is 1. The van der Waals surface area contributed by atoms with Crippen LogP contribution in [0.4, 0.5) is 4.39 Å². The van der Waals surface area contributed by atoms with Gasteiger partial charge in [-0.2, -0.15) is 5.10 Å². The van der Waals surface area contributed by atoms with Gasteiger partial charge in [0.1, 0.15) is 11.6 Å². The Balaban J connectivity index is 1.89. The van der Waals surface area contributed by atoms with Crippen LogP contribution in [-0.4, -0.2) is 18.2 Å². The fraction of sp³-hybridized carbons (Fsp3) is 0.176. The fourth-order valence-corrected chi connectivity index (χ4v) is 2.08.